The molecule has 1 aliphatic carbocycles. The zero-order valence-electron chi connectivity index (χ0n) is 21.6. The molecule has 9 nitrogen and oxygen atoms in total. The van der Waals surface area contributed by atoms with Crippen molar-refractivity contribution in [3.8, 4) is 23.1 Å². The van der Waals surface area contributed by atoms with E-state index in [-0.39, 0.29) is 12.4 Å². The molecule has 1 atom stereocenters. The summed E-state index contributed by atoms with van der Waals surface area (Å²) in [4.78, 5) is 16.6. The van der Waals surface area contributed by atoms with Gasteiger partial charge in [-0.25, -0.2) is 14.2 Å². The van der Waals surface area contributed by atoms with Gasteiger partial charge < -0.3 is 14.0 Å². The molecule has 1 amide bonds. The van der Waals surface area contributed by atoms with Gasteiger partial charge in [0.05, 0.1) is 16.8 Å². The smallest absolute Gasteiger partial charge is 0.412 e. The zero-order chi connectivity index (χ0) is 27.6. The second-order valence-corrected chi connectivity index (χ2v) is 9.64. The summed E-state index contributed by atoms with van der Waals surface area (Å²) in [6, 6.07) is 21.6. The highest BCUT2D eigenvalue weighted by atomic mass is 19.1. The third-order valence-electron chi connectivity index (χ3n) is 6.87. The minimum absolute atomic E-state index is 0.257. The van der Waals surface area contributed by atoms with Crippen molar-refractivity contribution in [2.45, 2.75) is 38.5 Å². The second kappa shape index (κ2) is 10.5. The molecule has 40 heavy (non-hydrogen) atoms. The molecule has 0 aliphatic heterocycles. The minimum Gasteiger partial charge on any atom is -0.486 e. The van der Waals surface area contributed by atoms with Gasteiger partial charge in [-0.2, -0.15) is 10.4 Å². The van der Waals surface area contributed by atoms with Crippen LogP contribution < -0.4 is 10.1 Å². The molecular formula is C30H25FN6O3. The van der Waals surface area contributed by atoms with Crippen LogP contribution in [-0.4, -0.2) is 25.8 Å². The Kier molecular flexibility index (Phi) is 6.62. The van der Waals surface area contributed by atoms with E-state index in [1.54, 1.807) is 31.2 Å². The number of H-pyrrole nitrogens is 1. The fraction of sp³-hybridized carbons (Fsp3) is 0.200. The van der Waals surface area contributed by atoms with E-state index < -0.39 is 12.2 Å². The number of carbonyl (C=O) groups is 1. The Bertz CT molecular complexity index is 1700. The van der Waals surface area contributed by atoms with E-state index in [4.69, 9.17) is 9.47 Å². The van der Waals surface area contributed by atoms with Crippen molar-refractivity contribution in [1.29, 1.82) is 5.26 Å². The van der Waals surface area contributed by atoms with E-state index in [1.807, 2.05) is 30.3 Å². The number of rotatable bonds is 8. The van der Waals surface area contributed by atoms with E-state index >= 15 is 0 Å². The van der Waals surface area contributed by atoms with Gasteiger partial charge in [0.2, 0.25) is 0 Å². The van der Waals surface area contributed by atoms with Gasteiger partial charge in [0.1, 0.15) is 36.7 Å². The fourth-order valence-corrected chi connectivity index (χ4v) is 4.76. The molecule has 5 aromatic rings. The molecule has 200 valence electrons. The van der Waals surface area contributed by atoms with Crippen LogP contribution in [0.2, 0.25) is 0 Å². The molecule has 1 aliphatic rings. The van der Waals surface area contributed by atoms with Crippen molar-refractivity contribution in [3.05, 3.63) is 95.8 Å². The highest BCUT2D eigenvalue weighted by molar-refractivity contribution is 5.96. The van der Waals surface area contributed by atoms with E-state index in [0.29, 0.717) is 34.4 Å². The van der Waals surface area contributed by atoms with Crippen LogP contribution in [0.5, 0.6) is 5.75 Å². The largest absolute Gasteiger partial charge is 0.486 e. The van der Waals surface area contributed by atoms with Crippen molar-refractivity contribution in [2.75, 3.05) is 5.32 Å². The average molecular weight is 537 g/mol. The standard InChI is InChI=1S/C30H25FN6O3/c1-18(19-2-6-21(31)7-3-19)40-30(38)35-22-8-4-20(5-9-22)29-26(15-32)25-13-12-24(39-16-28-33-17-34-36-28)14-27(25)37(29)23-10-11-23/h2-9,12-14,17-18,23H,10-11,16H2,1H3,(H,35,38)(H,33,34,36). The summed E-state index contributed by atoms with van der Waals surface area (Å²) < 4.78 is 26.8. The quantitative estimate of drug-likeness (QED) is 0.229. The third-order valence-corrected chi connectivity index (χ3v) is 6.87. The van der Waals surface area contributed by atoms with Crippen molar-refractivity contribution in [2.24, 2.45) is 0 Å². The second-order valence-electron chi connectivity index (χ2n) is 9.64. The number of hydrogen-bond donors (Lipinski definition) is 2. The molecule has 2 heterocycles. The van der Waals surface area contributed by atoms with Crippen molar-refractivity contribution >= 4 is 22.7 Å². The number of fused-ring (bicyclic) bond motifs is 1. The first kappa shape index (κ1) is 25.1. The predicted octanol–water partition coefficient (Wildman–Crippen LogP) is 6.66. The average Bonchev–Trinajstić information content (AvgIpc) is 3.55. The number of nitriles is 1. The normalized spacial score (nSPS) is 13.5. The number of benzene rings is 3. The highest BCUT2D eigenvalue weighted by Gasteiger charge is 2.31. The maximum Gasteiger partial charge on any atom is 0.412 e. The van der Waals surface area contributed by atoms with Gasteiger partial charge in [-0.15, -0.1) is 0 Å². The maximum atomic E-state index is 13.2. The Hall–Kier alpha value is -5.17. The van der Waals surface area contributed by atoms with Crippen LogP contribution in [0.1, 0.15) is 48.9 Å². The van der Waals surface area contributed by atoms with Crippen molar-refractivity contribution in [1.82, 2.24) is 19.7 Å². The molecule has 2 aromatic heterocycles. The van der Waals surface area contributed by atoms with Crippen LogP contribution in [0.4, 0.5) is 14.9 Å². The topological polar surface area (TPSA) is 118 Å². The molecule has 10 heteroatoms. The molecule has 0 radical (unpaired) electrons. The third kappa shape index (κ3) is 5.09. The molecule has 0 saturated heterocycles. The molecule has 2 N–H and O–H groups in total. The number of hydrogen-bond acceptors (Lipinski definition) is 6. The van der Waals surface area contributed by atoms with Gasteiger partial charge in [-0.1, -0.05) is 24.3 Å². The number of ether oxygens (including phenoxy) is 2. The number of amides is 1. The Labute approximate surface area is 229 Å². The first-order valence-corrected chi connectivity index (χ1v) is 12.9. The van der Waals surface area contributed by atoms with Gasteiger partial charge in [0, 0.05) is 23.2 Å². The SMILES string of the molecule is CC(OC(=O)Nc1ccc(-c2c(C#N)c3ccc(OCc4ncn[nH]4)cc3n2C2CC2)cc1)c1ccc(F)cc1. The lowest BCUT2D eigenvalue weighted by molar-refractivity contribution is 0.121. The Morgan fingerprint density at radius 3 is 2.62 bits per heavy atom. The van der Waals surface area contributed by atoms with Gasteiger partial charge in [-0.3, -0.25) is 10.4 Å². The molecule has 1 saturated carbocycles. The molecule has 0 spiro atoms. The lowest BCUT2D eigenvalue weighted by atomic mass is 10.1. The van der Waals surface area contributed by atoms with Crippen LogP contribution in [0.15, 0.2) is 73.1 Å². The van der Waals surface area contributed by atoms with Crippen molar-refractivity contribution < 1.29 is 18.7 Å². The monoisotopic (exact) mass is 536 g/mol. The van der Waals surface area contributed by atoms with Crippen LogP contribution in [0.3, 0.4) is 0 Å². The van der Waals surface area contributed by atoms with Crippen LogP contribution in [-0.2, 0) is 11.3 Å². The summed E-state index contributed by atoms with van der Waals surface area (Å²) in [6.45, 7) is 1.98. The van der Waals surface area contributed by atoms with Crippen LogP contribution in [0.25, 0.3) is 22.2 Å². The number of nitrogens with zero attached hydrogens (tertiary/aromatic N) is 4. The highest BCUT2D eigenvalue weighted by Crippen LogP contribution is 2.45. The Morgan fingerprint density at radius 2 is 1.95 bits per heavy atom. The molecule has 3 aromatic carbocycles. The van der Waals surface area contributed by atoms with E-state index in [1.165, 1.54) is 18.5 Å². The molecular weight excluding hydrogens is 511 g/mol. The molecule has 1 unspecified atom stereocenters. The lowest BCUT2D eigenvalue weighted by Crippen LogP contribution is -2.16. The number of carbonyl (C=O) groups excluding carboxylic acids is 1. The van der Waals surface area contributed by atoms with Crippen LogP contribution in [0, 0.1) is 17.1 Å². The maximum absolute atomic E-state index is 13.2. The zero-order valence-corrected chi connectivity index (χ0v) is 21.6. The number of anilines is 1. The summed E-state index contributed by atoms with van der Waals surface area (Å²) in [5.74, 6) is 0.947. The minimum atomic E-state index is -0.618. The summed E-state index contributed by atoms with van der Waals surface area (Å²) in [7, 11) is 0. The Morgan fingerprint density at radius 1 is 1.18 bits per heavy atom. The number of halogens is 1. The van der Waals surface area contributed by atoms with Gasteiger partial charge in [0.15, 0.2) is 5.82 Å². The van der Waals surface area contributed by atoms with E-state index in [9.17, 15) is 14.4 Å². The van der Waals surface area contributed by atoms with Crippen LogP contribution >= 0.6 is 0 Å². The molecule has 0 bridgehead atoms. The Balaban J connectivity index is 1.24. The molecule has 6 rings (SSSR count). The fourth-order valence-electron chi connectivity index (χ4n) is 4.76. The first-order valence-electron chi connectivity index (χ1n) is 12.9. The first-order chi connectivity index (χ1) is 19.5. The van der Waals surface area contributed by atoms with Gasteiger partial charge in [-0.05, 0) is 67.3 Å². The predicted molar refractivity (Wildman–Crippen MR) is 146 cm³/mol. The van der Waals surface area contributed by atoms with E-state index in [2.05, 4.69) is 31.1 Å². The van der Waals surface area contributed by atoms with Gasteiger partial charge >= 0.3 is 6.09 Å². The summed E-state index contributed by atoms with van der Waals surface area (Å²) in [6.07, 6.45) is 2.33. The summed E-state index contributed by atoms with van der Waals surface area (Å²) >= 11 is 0. The lowest BCUT2D eigenvalue weighted by Gasteiger charge is -2.15. The van der Waals surface area contributed by atoms with Crippen molar-refractivity contribution in [3.63, 3.8) is 0 Å². The number of aromatic amines is 1. The number of aromatic nitrogens is 4. The summed E-state index contributed by atoms with van der Waals surface area (Å²) in [5.41, 5.74) is 4.47. The molecule has 1 fully saturated rings. The number of nitrogens with one attached hydrogen (secondary N) is 2. The summed E-state index contributed by atoms with van der Waals surface area (Å²) in [5, 5.41) is 20.4. The van der Waals surface area contributed by atoms with Gasteiger partial charge in [0.25, 0.3) is 0 Å². The van der Waals surface area contributed by atoms with E-state index in [0.717, 1.165) is 35.0 Å².